The molecule has 2 aromatic carbocycles. The molecule has 0 N–H and O–H groups in total. The first-order valence-corrected chi connectivity index (χ1v) is 12.6. The molecule has 0 aliphatic carbocycles. The van der Waals surface area contributed by atoms with Crippen molar-refractivity contribution >= 4 is 8.07 Å². The van der Waals surface area contributed by atoms with Crippen LogP contribution in [0.3, 0.4) is 0 Å². The third-order valence-electron chi connectivity index (χ3n) is 4.88. The van der Waals surface area contributed by atoms with Crippen LogP contribution in [0, 0.1) is 17.3 Å². The summed E-state index contributed by atoms with van der Waals surface area (Å²) in [4.78, 5) is 0. The van der Waals surface area contributed by atoms with Crippen LogP contribution in [0.25, 0.3) is 0 Å². The molecular weight excluding hydrogens is 359 g/mol. The van der Waals surface area contributed by atoms with Crippen LogP contribution >= 0.6 is 0 Å². The number of hydrogen-bond donors (Lipinski definition) is 0. The number of fused-ring (bicyclic) bond motifs is 3. The molecule has 2 bridgehead atoms. The normalized spacial score (nSPS) is 27.1. The molecule has 3 fully saturated rings. The monoisotopic (exact) mass is 382 g/mol. The van der Waals surface area contributed by atoms with E-state index in [2.05, 4.69) is 31.1 Å². The Hall–Kier alpha value is -1.97. The minimum Gasteiger partial charge on any atom is -0.322 e. The molecule has 3 heterocycles. The molecule has 0 amide bonds. The average Bonchev–Trinajstić information content (AvgIpc) is 2.68. The van der Waals surface area contributed by atoms with Crippen molar-refractivity contribution in [1.82, 2.24) is 0 Å². The van der Waals surface area contributed by atoms with Gasteiger partial charge in [0.05, 0.1) is 25.2 Å². The Morgan fingerprint density at radius 1 is 0.889 bits per heavy atom. The summed E-state index contributed by atoms with van der Waals surface area (Å²) in [6.07, 6.45) is 0. The summed E-state index contributed by atoms with van der Waals surface area (Å²) in [5.74, 6) is 1.77. The van der Waals surface area contributed by atoms with Crippen LogP contribution in [0.4, 0.5) is 4.39 Å². The third kappa shape index (κ3) is 3.46. The molecule has 5 rings (SSSR count). The highest BCUT2D eigenvalue weighted by Crippen LogP contribution is 2.46. The molecule has 0 spiro atoms. The highest BCUT2D eigenvalue weighted by Gasteiger charge is 2.55. The van der Waals surface area contributed by atoms with Crippen LogP contribution in [0.5, 0.6) is 0 Å². The zero-order chi connectivity index (χ0) is 19.1. The second kappa shape index (κ2) is 6.57. The topological polar surface area (TPSA) is 27.7 Å². The molecule has 3 nitrogen and oxygen atoms in total. The quantitative estimate of drug-likeness (QED) is 0.576. The zero-order valence-corrected chi connectivity index (χ0v) is 16.8. The van der Waals surface area contributed by atoms with Crippen LogP contribution in [0.15, 0.2) is 48.5 Å². The van der Waals surface area contributed by atoms with E-state index in [4.69, 9.17) is 14.2 Å². The summed E-state index contributed by atoms with van der Waals surface area (Å²) in [6, 6.07) is 14.5. The van der Waals surface area contributed by atoms with Gasteiger partial charge >= 0.3 is 5.97 Å². The molecule has 2 aromatic rings. The van der Waals surface area contributed by atoms with E-state index in [1.807, 2.05) is 30.3 Å². The van der Waals surface area contributed by atoms with E-state index in [1.54, 1.807) is 12.1 Å². The highest BCUT2D eigenvalue weighted by atomic mass is 28.3. The van der Waals surface area contributed by atoms with Gasteiger partial charge in [-0.3, -0.25) is 0 Å². The van der Waals surface area contributed by atoms with Gasteiger partial charge < -0.3 is 14.2 Å². The van der Waals surface area contributed by atoms with E-state index in [9.17, 15) is 4.39 Å². The van der Waals surface area contributed by atoms with Gasteiger partial charge in [0.2, 0.25) is 0 Å². The van der Waals surface area contributed by atoms with Crippen molar-refractivity contribution in [3.63, 3.8) is 0 Å². The number of rotatable bonds is 2. The summed E-state index contributed by atoms with van der Waals surface area (Å²) in [6.45, 7) is 7.71. The van der Waals surface area contributed by atoms with Crippen molar-refractivity contribution in [3.8, 4) is 11.5 Å². The van der Waals surface area contributed by atoms with E-state index < -0.39 is 19.5 Å². The predicted octanol–water partition coefficient (Wildman–Crippen LogP) is 4.18. The molecule has 27 heavy (non-hydrogen) atoms. The molecule has 0 unspecified atom stereocenters. The minimum atomic E-state index is -1.41. The van der Waals surface area contributed by atoms with Crippen LogP contribution in [0.1, 0.15) is 16.7 Å². The molecule has 140 valence electrons. The Kier molecular flexibility index (Phi) is 4.48. The first-order valence-electron chi connectivity index (χ1n) is 9.13. The molecule has 5 heteroatoms. The number of ether oxygens (including phenoxy) is 3. The van der Waals surface area contributed by atoms with Crippen LogP contribution in [-0.4, -0.2) is 27.9 Å². The Bertz CT molecular complexity index is 881. The molecule has 0 radical (unpaired) electrons. The summed E-state index contributed by atoms with van der Waals surface area (Å²) < 4.78 is 32.2. The number of halogens is 1. The van der Waals surface area contributed by atoms with E-state index in [0.29, 0.717) is 25.4 Å². The SMILES string of the molecule is C[Si](C)(C)C#Cc1ccc(C23OCC(c4ccccc4F)(CO2)CO3)cc1. The molecule has 0 aromatic heterocycles. The summed E-state index contributed by atoms with van der Waals surface area (Å²) in [5, 5.41) is 0. The fourth-order valence-electron chi connectivity index (χ4n) is 3.34. The van der Waals surface area contributed by atoms with Crippen molar-refractivity contribution in [2.75, 3.05) is 19.8 Å². The van der Waals surface area contributed by atoms with Crippen LogP contribution in [0.2, 0.25) is 19.6 Å². The lowest BCUT2D eigenvalue weighted by atomic mass is 9.80. The van der Waals surface area contributed by atoms with Gasteiger partial charge in [-0.05, 0) is 30.3 Å². The van der Waals surface area contributed by atoms with Gasteiger partial charge in [0.15, 0.2) is 0 Å². The van der Waals surface area contributed by atoms with Gasteiger partial charge in [0, 0.05) is 16.7 Å². The standard InChI is InChI=1S/C22H23FO3Si/c1-27(2,3)13-12-17-8-10-18(11-9-17)22-24-14-21(15-25-22,16-26-22)19-6-4-5-7-20(19)23/h4-11H,14-16H2,1-3H3. The van der Waals surface area contributed by atoms with Gasteiger partial charge in [-0.2, -0.15) is 0 Å². The second-order valence-electron chi connectivity index (χ2n) is 8.26. The minimum absolute atomic E-state index is 0.256. The lowest BCUT2D eigenvalue weighted by Gasteiger charge is -2.52. The Balaban J connectivity index is 1.54. The van der Waals surface area contributed by atoms with Crippen molar-refractivity contribution in [1.29, 1.82) is 0 Å². The Morgan fingerprint density at radius 2 is 1.48 bits per heavy atom. The van der Waals surface area contributed by atoms with E-state index in [1.165, 1.54) is 6.07 Å². The summed E-state index contributed by atoms with van der Waals surface area (Å²) in [7, 11) is -1.41. The highest BCUT2D eigenvalue weighted by molar-refractivity contribution is 6.83. The zero-order valence-electron chi connectivity index (χ0n) is 15.8. The molecule has 0 saturated carbocycles. The van der Waals surface area contributed by atoms with Gasteiger partial charge in [-0.1, -0.05) is 43.8 Å². The van der Waals surface area contributed by atoms with Gasteiger partial charge in [0.25, 0.3) is 0 Å². The lowest BCUT2D eigenvalue weighted by molar-refractivity contribution is -0.466. The fraction of sp³-hybridized carbons (Fsp3) is 0.364. The average molecular weight is 383 g/mol. The molecular formula is C22H23FO3Si. The number of benzene rings is 2. The summed E-state index contributed by atoms with van der Waals surface area (Å²) in [5.41, 5.74) is 5.09. The molecule has 3 aliphatic heterocycles. The van der Waals surface area contributed by atoms with Crippen molar-refractivity contribution in [2.24, 2.45) is 0 Å². The maximum absolute atomic E-state index is 14.3. The molecule has 3 saturated heterocycles. The Labute approximate surface area is 160 Å². The fourth-order valence-corrected chi connectivity index (χ4v) is 3.86. The first-order chi connectivity index (χ1) is 12.8. The maximum atomic E-state index is 14.3. The third-order valence-corrected chi connectivity index (χ3v) is 5.76. The summed E-state index contributed by atoms with van der Waals surface area (Å²) >= 11 is 0. The maximum Gasteiger partial charge on any atom is 0.312 e. The Morgan fingerprint density at radius 3 is 2.04 bits per heavy atom. The predicted molar refractivity (Wildman–Crippen MR) is 104 cm³/mol. The number of hydrogen-bond acceptors (Lipinski definition) is 3. The van der Waals surface area contributed by atoms with Gasteiger partial charge in [0.1, 0.15) is 13.9 Å². The van der Waals surface area contributed by atoms with Gasteiger partial charge in [-0.15, -0.1) is 5.54 Å². The largest absolute Gasteiger partial charge is 0.322 e. The van der Waals surface area contributed by atoms with Crippen molar-refractivity contribution in [2.45, 2.75) is 31.0 Å². The van der Waals surface area contributed by atoms with E-state index >= 15 is 0 Å². The van der Waals surface area contributed by atoms with Crippen molar-refractivity contribution in [3.05, 3.63) is 71.0 Å². The van der Waals surface area contributed by atoms with Crippen LogP contribution < -0.4 is 0 Å². The molecule has 3 aliphatic rings. The van der Waals surface area contributed by atoms with Crippen molar-refractivity contribution < 1.29 is 18.6 Å². The second-order valence-corrected chi connectivity index (χ2v) is 13.0. The van der Waals surface area contributed by atoms with E-state index in [0.717, 1.165) is 11.1 Å². The van der Waals surface area contributed by atoms with Crippen LogP contribution in [-0.2, 0) is 25.6 Å². The van der Waals surface area contributed by atoms with E-state index in [-0.39, 0.29) is 5.82 Å². The molecule has 0 atom stereocenters. The van der Waals surface area contributed by atoms with Gasteiger partial charge in [-0.25, -0.2) is 4.39 Å². The smallest absolute Gasteiger partial charge is 0.312 e. The lowest BCUT2D eigenvalue weighted by Crippen LogP contribution is -2.60. The first kappa shape index (κ1) is 18.4.